The summed E-state index contributed by atoms with van der Waals surface area (Å²) in [7, 11) is 1.67. The molecule has 0 aromatic carbocycles. The molecule has 1 amide bonds. The van der Waals surface area contributed by atoms with Crippen molar-refractivity contribution in [2.24, 2.45) is 11.8 Å². The van der Waals surface area contributed by atoms with E-state index in [1.807, 2.05) is 0 Å². The van der Waals surface area contributed by atoms with Crippen LogP contribution in [0.25, 0.3) is 0 Å². The maximum Gasteiger partial charge on any atom is 0.308 e. The summed E-state index contributed by atoms with van der Waals surface area (Å²) in [5.74, 6) is -1.41. The largest absolute Gasteiger partial charge is 0.481 e. The number of carboxylic acid groups (broad SMARTS) is 1. The molecule has 0 aromatic heterocycles. The highest BCUT2D eigenvalue weighted by Gasteiger charge is 2.45. The van der Waals surface area contributed by atoms with Gasteiger partial charge < -0.3 is 14.7 Å². The first-order chi connectivity index (χ1) is 7.99. The molecule has 17 heavy (non-hydrogen) atoms. The molecule has 2 heterocycles. The second-order valence-electron chi connectivity index (χ2n) is 5.17. The third-order valence-corrected chi connectivity index (χ3v) is 3.77. The van der Waals surface area contributed by atoms with Gasteiger partial charge in [0.25, 0.3) is 0 Å². The van der Waals surface area contributed by atoms with Crippen LogP contribution in [0.1, 0.15) is 26.2 Å². The maximum atomic E-state index is 12.1. The van der Waals surface area contributed by atoms with E-state index in [0.29, 0.717) is 0 Å². The van der Waals surface area contributed by atoms with Crippen LogP contribution in [-0.4, -0.2) is 47.7 Å². The van der Waals surface area contributed by atoms with Crippen molar-refractivity contribution in [1.82, 2.24) is 4.90 Å². The lowest BCUT2D eigenvalue weighted by Crippen LogP contribution is -2.40. The van der Waals surface area contributed by atoms with E-state index in [1.165, 1.54) is 4.90 Å². The molecule has 1 N–H and O–H groups in total. The molecule has 0 radical (unpaired) electrons. The number of ether oxygens (including phenoxy) is 1. The minimum absolute atomic E-state index is 0.0327. The topological polar surface area (TPSA) is 66.8 Å². The van der Waals surface area contributed by atoms with Crippen molar-refractivity contribution in [3.63, 3.8) is 0 Å². The molecule has 2 saturated heterocycles. The van der Waals surface area contributed by atoms with Crippen molar-refractivity contribution in [3.8, 4) is 0 Å². The Morgan fingerprint density at radius 2 is 2.18 bits per heavy atom. The van der Waals surface area contributed by atoms with Gasteiger partial charge in [-0.1, -0.05) is 6.92 Å². The quantitative estimate of drug-likeness (QED) is 0.788. The van der Waals surface area contributed by atoms with Crippen LogP contribution in [0.15, 0.2) is 0 Å². The first-order valence-corrected chi connectivity index (χ1v) is 6.12. The molecule has 5 heteroatoms. The third-order valence-electron chi connectivity index (χ3n) is 3.77. The summed E-state index contributed by atoms with van der Waals surface area (Å²) in [6.45, 7) is 1.88. The summed E-state index contributed by atoms with van der Waals surface area (Å²) >= 11 is 0. The van der Waals surface area contributed by atoms with Gasteiger partial charge in [-0.3, -0.25) is 9.59 Å². The van der Waals surface area contributed by atoms with E-state index >= 15 is 0 Å². The molecule has 2 fully saturated rings. The van der Waals surface area contributed by atoms with Crippen LogP contribution in [0.4, 0.5) is 0 Å². The van der Waals surface area contributed by atoms with Crippen LogP contribution >= 0.6 is 0 Å². The Morgan fingerprint density at radius 1 is 1.47 bits per heavy atom. The third kappa shape index (κ3) is 2.44. The fraction of sp³-hybridized carbons (Fsp3) is 0.833. The summed E-state index contributed by atoms with van der Waals surface area (Å²) in [5.41, 5.74) is 0. The zero-order chi connectivity index (χ0) is 12.6. The second kappa shape index (κ2) is 4.64. The van der Waals surface area contributed by atoms with Gasteiger partial charge in [-0.2, -0.15) is 0 Å². The van der Waals surface area contributed by atoms with Crippen molar-refractivity contribution < 1.29 is 19.4 Å². The van der Waals surface area contributed by atoms with Crippen LogP contribution in [0.2, 0.25) is 0 Å². The monoisotopic (exact) mass is 241 g/mol. The predicted molar refractivity (Wildman–Crippen MR) is 60.4 cm³/mol. The minimum atomic E-state index is -0.867. The Balaban J connectivity index is 1.89. The van der Waals surface area contributed by atoms with E-state index in [2.05, 4.69) is 0 Å². The Labute approximate surface area is 101 Å². The van der Waals surface area contributed by atoms with E-state index in [0.717, 1.165) is 19.3 Å². The van der Waals surface area contributed by atoms with Crippen LogP contribution in [0.3, 0.4) is 0 Å². The number of amides is 1. The van der Waals surface area contributed by atoms with E-state index in [9.17, 15) is 9.59 Å². The lowest BCUT2D eigenvalue weighted by Gasteiger charge is -2.25. The molecule has 0 saturated carbocycles. The summed E-state index contributed by atoms with van der Waals surface area (Å²) in [5, 5.41) is 8.82. The molecule has 4 atom stereocenters. The number of nitrogens with zero attached hydrogens (tertiary/aromatic N) is 1. The predicted octanol–water partition coefficient (Wildman–Crippen LogP) is 0.733. The molecule has 0 aromatic rings. The minimum Gasteiger partial charge on any atom is -0.481 e. The molecule has 4 unspecified atom stereocenters. The maximum absolute atomic E-state index is 12.1. The molecule has 5 nitrogen and oxygen atoms in total. The lowest BCUT2D eigenvalue weighted by molar-refractivity contribution is -0.143. The van der Waals surface area contributed by atoms with E-state index in [1.54, 1.807) is 14.0 Å². The highest BCUT2D eigenvalue weighted by Crippen LogP contribution is 2.39. The Hall–Kier alpha value is -1.10. The van der Waals surface area contributed by atoms with Gasteiger partial charge in [-0.25, -0.2) is 0 Å². The average Bonchev–Trinajstić information content (AvgIpc) is 2.89. The molecule has 0 spiro atoms. The van der Waals surface area contributed by atoms with Crippen molar-refractivity contribution in [1.29, 1.82) is 0 Å². The Bertz CT molecular complexity index is 330. The highest BCUT2D eigenvalue weighted by atomic mass is 16.5. The van der Waals surface area contributed by atoms with Gasteiger partial charge in [0.05, 0.1) is 24.0 Å². The van der Waals surface area contributed by atoms with Crippen molar-refractivity contribution in [2.45, 2.75) is 38.4 Å². The standard InChI is InChI=1S/C12H19NO4/c1-7(12(15)16)6-13(2)11(14)9-5-8-3-4-10(9)17-8/h7-10H,3-6H2,1-2H3,(H,15,16). The normalized spacial score (nSPS) is 32.5. The van der Waals surface area contributed by atoms with Crippen molar-refractivity contribution in [2.75, 3.05) is 13.6 Å². The fourth-order valence-electron chi connectivity index (χ4n) is 2.76. The van der Waals surface area contributed by atoms with Gasteiger partial charge in [0, 0.05) is 13.6 Å². The fourth-order valence-corrected chi connectivity index (χ4v) is 2.76. The molecular formula is C12H19NO4. The zero-order valence-electron chi connectivity index (χ0n) is 10.3. The van der Waals surface area contributed by atoms with Gasteiger partial charge in [-0.15, -0.1) is 0 Å². The van der Waals surface area contributed by atoms with Crippen LogP contribution in [0, 0.1) is 11.8 Å². The number of carbonyl (C=O) groups is 2. The first-order valence-electron chi connectivity index (χ1n) is 6.12. The van der Waals surface area contributed by atoms with Crippen LogP contribution in [0.5, 0.6) is 0 Å². The Morgan fingerprint density at radius 3 is 2.65 bits per heavy atom. The first kappa shape index (κ1) is 12.4. The molecule has 2 bridgehead atoms. The lowest BCUT2D eigenvalue weighted by atomic mass is 9.88. The summed E-state index contributed by atoms with van der Waals surface area (Å²) in [4.78, 5) is 24.4. The molecule has 2 aliphatic rings. The number of aliphatic carboxylic acids is 1. The van der Waals surface area contributed by atoms with E-state index in [4.69, 9.17) is 9.84 Å². The van der Waals surface area contributed by atoms with Gasteiger partial charge >= 0.3 is 5.97 Å². The average molecular weight is 241 g/mol. The van der Waals surface area contributed by atoms with Crippen LogP contribution in [-0.2, 0) is 14.3 Å². The molecular weight excluding hydrogens is 222 g/mol. The molecule has 96 valence electrons. The highest BCUT2D eigenvalue weighted by molar-refractivity contribution is 5.80. The van der Waals surface area contributed by atoms with Gasteiger partial charge in [0.2, 0.25) is 5.91 Å². The van der Waals surface area contributed by atoms with Crippen molar-refractivity contribution >= 4 is 11.9 Å². The van der Waals surface area contributed by atoms with Gasteiger partial charge in [0.1, 0.15) is 0 Å². The van der Waals surface area contributed by atoms with Gasteiger partial charge in [0.15, 0.2) is 0 Å². The molecule has 2 rings (SSSR count). The summed E-state index contributed by atoms with van der Waals surface area (Å²) in [6, 6.07) is 0. The number of carboxylic acids is 1. The van der Waals surface area contributed by atoms with E-state index in [-0.39, 0.29) is 30.6 Å². The summed E-state index contributed by atoms with van der Waals surface area (Å²) in [6.07, 6.45) is 3.14. The summed E-state index contributed by atoms with van der Waals surface area (Å²) < 4.78 is 5.64. The van der Waals surface area contributed by atoms with Gasteiger partial charge in [-0.05, 0) is 19.3 Å². The number of fused-ring (bicyclic) bond motifs is 2. The smallest absolute Gasteiger partial charge is 0.308 e. The van der Waals surface area contributed by atoms with Crippen molar-refractivity contribution in [3.05, 3.63) is 0 Å². The number of hydrogen-bond donors (Lipinski definition) is 1. The Kier molecular flexibility index (Phi) is 3.38. The number of hydrogen-bond acceptors (Lipinski definition) is 3. The SMILES string of the molecule is CC(CN(C)C(=O)C1CC2CCC1O2)C(=O)O. The number of carbonyl (C=O) groups excluding carboxylic acids is 1. The van der Waals surface area contributed by atoms with Crippen LogP contribution < -0.4 is 0 Å². The van der Waals surface area contributed by atoms with E-state index < -0.39 is 11.9 Å². The molecule has 2 aliphatic heterocycles. The second-order valence-corrected chi connectivity index (χ2v) is 5.17. The zero-order valence-corrected chi connectivity index (χ0v) is 10.3. The molecule has 0 aliphatic carbocycles. The number of rotatable bonds is 4.